The Balaban J connectivity index is 1.17. The Morgan fingerprint density at radius 2 is 1.76 bits per heavy atom. The first-order valence-corrected chi connectivity index (χ1v) is 15.1. The minimum Gasteiger partial charge on any atom is -0.462 e. The molecule has 0 saturated heterocycles. The number of unbranched alkanes of at least 4 members (excludes halogenated alkanes) is 3. The Bertz CT molecular complexity index is 977. The molecule has 3 unspecified atom stereocenters. The average Bonchev–Trinajstić information content (AvgIpc) is 3.41. The highest BCUT2D eigenvalue weighted by atomic mass is 16.5. The van der Waals surface area contributed by atoms with Gasteiger partial charge in [0.25, 0.3) is 0 Å². The summed E-state index contributed by atoms with van der Waals surface area (Å²) in [6.45, 7) is 5.11. The van der Waals surface area contributed by atoms with E-state index in [9.17, 15) is 19.5 Å². The van der Waals surface area contributed by atoms with E-state index in [0.717, 1.165) is 89.0 Å². The quantitative estimate of drug-likeness (QED) is 0.321. The maximum Gasteiger partial charge on any atom is 0.331 e. The van der Waals surface area contributed by atoms with Crippen molar-refractivity contribution < 1.29 is 29.0 Å². The molecule has 1 amide bonds. The van der Waals surface area contributed by atoms with E-state index >= 15 is 0 Å². The van der Waals surface area contributed by atoms with Crippen LogP contribution >= 0.6 is 0 Å². The zero-order valence-electron chi connectivity index (χ0n) is 23.3. The lowest BCUT2D eigenvalue weighted by atomic mass is 9.43. The monoisotopic (exact) mass is 529 g/mol. The van der Waals surface area contributed by atoms with Crippen molar-refractivity contribution >= 4 is 17.8 Å². The Morgan fingerprint density at radius 3 is 2.47 bits per heavy atom. The van der Waals surface area contributed by atoms with Crippen LogP contribution in [-0.2, 0) is 23.9 Å². The second-order valence-corrected chi connectivity index (χ2v) is 13.6. The van der Waals surface area contributed by atoms with E-state index in [4.69, 9.17) is 15.2 Å². The molecule has 5 rings (SSSR count). The number of primary amides is 1. The average molecular weight is 530 g/mol. The number of hydrogen-bond donors (Lipinski definition) is 2. The number of nitrogens with two attached hydrogens (primary N) is 1. The normalized spacial score (nSPS) is 41.9. The fourth-order valence-corrected chi connectivity index (χ4v) is 9.64. The van der Waals surface area contributed by atoms with Gasteiger partial charge >= 0.3 is 11.9 Å². The number of aliphatic hydroxyl groups is 1. The maximum absolute atomic E-state index is 12.5. The largest absolute Gasteiger partial charge is 0.462 e. The number of cyclic esters (lactones) is 1. The minimum atomic E-state index is -0.693. The van der Waals surface area contributed by atoms with E-state index in [1.165, 1.54) is 0 Å². The van der Waals surface area contributed by atoms with Gasteiger partial charge in [0.1, 0.15) is 12.7 Å². The zero-order chi connectivity index (χ0) is 27.1. The summed E-state index contributed by atoms with van der Waals surface area (Å²) in [4.78, 5) is 35.1. The van der Waals surface area contributed by atoms with Gasteiger partial charge in [-0.25, -0.2) is 4.79 Å². The van der Waals surface area contributed by atoms with Crippen molar-refractivity contribution in [3.05, 3.63) is 11.6 Å². The molecule has 8 atom stereocenters. The van der Waals surface area contributed by atoms with Crippen LogP contribution in [0, 0.1) is 34.5 Å². The molecule has 1 aliphatic heterocycles. The highest BCUT2D eigenvalue weighted by Crippen LogP contribution is 2.70. The topological polar surface area (TPSA) is 116 Å². The van der Waals surface area contributed by atoms with Gasteiger partial charge in [-0.1, -0.05) is 26.7 Å². The molecule has 38 heavy (non-hydrogen) atoms. The third-order valence-corrected chi connectivity index (χ3v) is 11.8. The van der Waals surface area contributed by atoms with Crippen LogP contribution in [0.15, 0.2) is 11.6 Å². The molecular formula is C31H47NO6. The van der Waals surface area contributed by atoms with Crippen molar-refractivity contribution in [3.63, 3.8) is 0 Å². The summed E-state index contributed by atoms with van der Waals surface area (Å²) in [5.41, 5.74) is 5.54. The molecule has 0 aromatic rings. The molecule has 1 heterocycles. The second-order valence-electron chi connectivity index (χ2n) is 13.6. The number of fused-ring (bicyclic) bond motifs is 5. The third-order valence-electron chi connectivity index (χ3n) is 11.8. The van der Waals surface area contributed by atoms with Crippen LogP contribution in [0.2, 0.25) is 0 Å². The van der Waals surface area contributed by atoms with E-state index in [1.807, 2.05) is 0 Å². The van der Waals surface area contributed by atoms with Crippen LogP contribution in [0.4, 0.5) is 0 Å². The van der Waals surface area contributed by atoms with Gasteiger partial charge < -0.3 is 20.3 Å². The van der Waals surface area contributed by atoms with Gasteiger partial charge in [0.05, 0.1) is 5.60 Å². The van der Waals surface area contributed by atoms with Crippen LogP contribution in [-0.4, -0.2) is 41.3 Å². The molecule has 4 saturated carbocycles. The molecule has 0 bridgehead atoms. The number of ether oxygens (including phenoxy) is 2. The third kappa shape index (κ3) is 4.82. The molecule has 212 valence electrons. The van der Waals surface area contributed by atoms with Gasteiger partial charge in [-0.2, -0.15) is 0 Å². The summed E-state index contributed by atoms with van der Waals surface area (Å²) < 4.78 is 11.2. The summed E-state index contributed by atoms with van der Waals surface area (Å²) in [7, 11) is 0. The lowest BCUT2D eigenvalue weighted by molar-refractivity contribution is -0.210. The smallest absolute Gasteiger partial charge is 0.331 e. The minimum absolute atomic E-state index is 0.00614. The highest BCUT2D eigenvalue weighted by molar-refractivity contribution is 5.85. The Labute approximate surface area is 227 Å². The van der Waals surface area contributed by atoms with Crippen LogP contribution in [0.1, 0.15) is 110 Å². The standard InChI is InChI=1S/C31H47NO6/c1-29-14-11-22(38-27(34)8-6-4-3-5-7-26(32)33)18-21(29)9-10-25-24(29)12-15-30(2)23(13-16-31(25,30)36)20-17-28(35)37-19-20/h17,21-25,36H,3-16,18-19H2,1-2H3,(H2,32,33)/t21?,22?,23-,24+,25?,29+,30-,31+/m1/s1. The highest BCUT2D eigenvalue weighted by Gasteiger charge is 2.67. The lowest BCUT2D eigenvalue weighted by Crippen LogP contribution is -2.62. The lowest BCUT2D eigenvalue weighted by Gasteiger charge is -2.63. The number of amides is 1. The zero-order valence-corrected chi connectivity index (χ0v) is 23.3. The molecule has 7 heteroatoms. The number of carbonyl (C=O) groups excluding carboxylic acids is 3. The summed E-state index contributed by atoms with van der Waals surface area (Å²) in [5, 5.41) is 12.4. The van der Waals surface area contributed by atoms with E-state index in [1.54, 1.807) is 6.08 Å². The van der Waals surface area contributed by atoms with Crippen molar-refractivity contribution in [3.8, 4) is 0 Å². The van der Waals surface area contributed by atoms with Crippen LogP contribution in [0.5, 0.6) is 0 Å². The Kier molecular flexibility index (Phi) is 7.71. The predicted octanol–water partition coefficient (Wildman–Crippen LogP) is 4.98. The fraction of sp³-hybridized carbons (Fsp3) is 0.839. The van der Waals surface area contributed by atoms with E-state index < -0.39 is 5.60 Å². The summed E-state index contributed by atoms with van der Waals surface area (Å²) in [5.74, 6) is 0.942. The molecule has 0 radical (unpaired) electrons. The summed E-state index contributed by atoms with van der Waals surface area (Å²) >= 11 is 0. The van der Waals surface area contributed by atoms with Gasteiger partial charge in [-0.15, -0.1) is 0 Å². The molecular weight excluding hydrogens is 482 g/mol. The number of rotatable bonds is 9. The molecule has 0 aromatic carbocycles. The van der Waals surface area contributed by atoms with E-state index in [-0.39, 0.29) is 40.7 Å². The van der Waals surface area contributed by atoms with Crippen molar-refractivity contribution in [2.75, 3.05) is 6.61 Å². The van der Waals surface area contributed by atoms with Crippen molar-refractivity contribution in [2.45, 2.75) is 122 Å². The molecule has 7 nitrogen and oxygen atoms in total. The maximum atomic E-state index is 12.5. The molecule has 4 aliphatic carbocycles. The second kappa shape index (κ2) is 10.6. The van der Waals surface area contributed by atoms with Crippen LogP contribution < -0.4 is 5.73 Å². The number of esters is 2. The van der Waals surface area contributed by atoms with Gasteiger partial charge in [0.2, 0.25) is 5.91 Å². The molecule has 0 aromatic heterocycles. The van der Waals surface area contributed by atoms with Gasteiger partial charge in [0.15, 0.2) is 0 Å². The Hall–Kier alpha value is -1.89. The SMILES string of the molecule is C[C@]12CCC(OC(=O)CCCCCCC(N)=O)CC1CCC1[C@@H]2CC[C@]2(C)[C@@H](C3=CC(=O)OC3)CC[C@]12O. The predicted molar refractivity (Wildman–Crippen MR) is 142 cm³/mol. The first-order valence-electron chi connectivity index (χ1n) is 15.1. The summed E-state index contributed by atoms with van der Waals surface area (Å²) in [6, 6.07) is 0. The first-order chi connectivity index (χ1) is 18.1. The van der Waals surface area contributed by atoms with Gasteiger partial charge in [0, 0.05) is 24.3 Å². The molecule has 0 spiro atoms. The first kappa shape index (κ1) is 27.7. The van der Waals surface area contributed by atoms with Crippen LogP contribution in [0.25, 0.3) is 0 Å². The van der Waals surface area contributed by atoms with Crippen molar-refractivity contribution in [1.82, 2.24) is 0 Å². The Morgan fingerprint density at radius 1 is 1.00 bits per heavy atom. The summed E-state index contributed by atoms with van der Waals surface area (Å²) in [6.07, 6.45) is 14.8. The molecule has 4 fully saturated rings. The van der Waals surface area contributed by atoms with Gasteiger partial charge in [-0.3, -0.25) is 9.59 Å². The van der Waals surface area contributed by atoms with Gasteiger partial charge in [-0.05, 0) is 105 Å². The van der Waals surface area contributed by atoms with Crippen molar-refractivity contribution in [2.24, 2.45) is 40.2 Å². The number of hydrogen-bond acceptors (Lipinski definition) is 6. The van der Waals surface area contributed by atoms with E-state index in [2.05, 4.69) is 13.8 Å². The van der Waals surface area contributed by atoms with Crippen molar-refractivity contribution in [1.29, 1.82) is 0 Å². The van der Waals surface area contributed by atoms with E-state index in [0.29, 0.717) is 37.2 Å². The number of carbonyl (C=O) groups is 3. The molecule has 3 N–H and O–H groups in total. The fourth-order valence-electron chi connectivity index (χ4n) is 9.64. The van der Waals surface area contributed by atoms with Crippen LogP contribution in [0.3, 0.4) is 0 Å². The molecule has 5 aliphatic rings.